The maximum Gasteiger partial charge on any atom is 0.343 e. The van der Waals surface area contributed by atoms with E-state index in [1.54, 1.807) is 13.0 Å². The summed E-state index contributed by atoms with van der Waals surface area (Å²) in [6.07, 6.45) is 2.38. The average molecular weight is 427 g/mol. The van der Waals surface area contributed by atoms with Crippen molar-refractivity contribution in [3.8, 4) is 0 Å². The number of benzene rings is 1. The third-order valence-electron chi connectivity index (χ3n) is 5.46. The van der Waals surface area contributed by atoms with Gasteiger partial charge in [0.1, 0.15) is 11.4 Å². The highest BCUT2D eigenvalue weighted by atomic mass is 19.1. The Kier molecular flexibility index (Phi) is 6.43. The largest absolute Gasteiger partial charge is 0.462 e. The smallest absolute Gasteiger partial charge is 0.343 e. The van der Waals surface area contributed by atoms with Gasteiger partial charge in [-0.15, -0.1) is 0 Å². The predicted octanol–water partition coefficient (Wildman–Crippen LogP) is 2.05. The summed E-state index contributed by atoms with van der Waals surface area (Å²) in [7, 11) is 0. The molecule has 1 aliphatic heterocycles. The summed E-state index contributed by atoms with van der Waals surface area (Å²) in [6.45, 7) is 6.38. The molecule has 0 atom stereocenters. The van der Waals surface area contributed by atoms with Crippen LogP contribution in [0.1, 0.15) is 35.0 Å². The van der Waals surface area contributed by atoms with E-state index in [4.69, 9.17) is 4.74 Å². The molecule has 1 aliphatic rings. The van der Waals surface area contributed by atoms with Gasteiger partial charge in [0.15, 0.2) is 5.65 Å². The van der Waals surface area contributed by atoms with Crippen LogP contribution in [0.5, 0.6) is 0 Å². The highest BCUT2D eigenvalue weighted by Crippen LogP contribution is 2.14. The first-order chi connectivity index (χ1) is 15.0. The summed E-state index contributed by atoms with van der Waals surface area (Å²) in [6, 6.07) is 8.36. The Morgan fingerprint density at radius 1 is 1.16 bits per heavy atom. The normalized spacial score (nSPS) is 15.8. The average Bonchev–Trinajstić information content (AvgIpc) is 3.06. The third kappa shape index (κ3) is 4.83. The number of esters is 1. The van der Waals surface area contributed by atoms with E-state index in [1.165, 1.54) is 22.8 Å². The Balaban J connectivity index is 1.45. The van der Waals surface area contributed by atoms with Gasteiger partial charge in [0.25, 0.3) is 5.56 Å². The van der Waals surface area contributed by atoms with E-state index in [0.717, 1.165) is 32.6 Å². The van der Waals surface area contributed by atoms with Crippen LogP contribution in [0, 0.1) is 5.82 Å². The zero-order valence-corrected chi connectivity index (χ0v) is 17.5. The summed E-state index contributed by atoms with van der Waals surface area (Å²) in [5, 5.41) is 2.76. The molecule has 1 aromatic carbocycles. The van der Waals surface area contributed by atoms with E-state index in [0.29, 0.717) is 24.3 Å². The van der Waals surface area contributed by atoms with Crippen LogP contribution in [0.4, 0.5) is 4.39 Å². The van der Waals surface area contributed by atoms with Crippen molar-refractivity contribution in [3.63, 3.8) is 0 Å². The van der Waals surface area contributed by atoms with E-state index in [1.807, 2.05) is 12.1 Å². The van der Waals surface area contributed by atoms with Crippen molar-refractivity contribution in [2.45, 2.75) is 26.4 Å². The molecule has 0 aliphatic carbocycles. The van der Waals surface area contributed by atoms with E-state index in [-0.39, 0.29) is 29.2 Å². The van der Waals surface area contributed by atoms with Gasteiger partial charge in [-0.2, -0.15) is 0 Å². The van der Waals surface area contributed by atoms with Crippen molar-refractivity contribution in [3.05, 3.63) is 69.5 Å². The molecule has 2 aromatic heterocycles. The van der Waals surface area contributed by atoms with Gasteiger partial charge in [-0.05, 0) is 32.5 Å². The summed E-state index contributed by atoms with van der Waals surface area (Å²) in [5.74, 6) is -0.686. The number of nitrogens with one attached hydrogen (secondary N) is 1. The van der Waals surface area contributed by atoms with E-state index in [2.05, 4.69) is 19.9 Å². The minimum atomic E-state index is -0.510. The van der Waals surface area contributed by atoms with Gasteiger partial charge in [-0.3, -0.25) is 19.7 Å². The summed E-state index contributed by atoms with van der Waals surface area (Å²) in [4.78, 5) is 33.6. The third-order valence-corrected chi connectivity index (χ3v) is 5.46. The van der Waals surface area contributed by atoms with Gasteiger partial charge in [0.05, 0.1) is 12.3 Å². The maximum absolute atomic E-state index is 14.0. The quantitative estimate of drug-likeness (QED) is 0.607. The van der Waals surface area contributed by atoms with Crippen molar-refractivity contribution in [1.29, 1.82) is 0 Å². The molecule has 0 bridgehead atoms. The molecule has 3 aromatic rings. The van der Waals surface area contributed by atoms with E-state index < -0.39 is 5.97 Å². The number of hydrogen-bond donors (Lipinski definition) is 1. The molecule has 31 heavy (non-hydrogen) atoms. The number of rotatable bonds is 6. The fourth-order valence-electron chi connectivity index (χ4n) is 3.91. The van der Waals surface area contributed by atoms with Crippen LogP contribution >= 0.6 is 0 Å². The number of nitrogens with zero attached hydrogens (tertiary/aromatic N) is 4. The van der Waals surface area contributed by atoms with Gasteiger partial charge >= 0.3 is 5.97 Å². The molecular weight excluding hydrogens is 401 g/mol. The Hall–Kier alpha value is -3.04. The van der Waals surface area contributed by atoms with Gasteiger partial charge in [-0.25, -0.2) is 18.7 Å². The fraction of sp³-hybridized carbons (Fsp3) is 0.409. The number of ether oxygens (including phenoxy) is 1. The summed E-state index contributed by atoms with van der Waals surface area (Å²) < 4.78 is 20.3. The van der Waals surface area contributed by atoms with Crippen LogP contribution in [0.2, 0.25) is 0 Å². The van der Waals surface area contributed by atoms with E-state index in [9.17, 15) is 14.0 Å². The topological polar surface area (TPSA) is 82.9 Å². The van der Waals surface area contributed by atoms with Crippen molar-refractivity contribution in [2.24, 2.45) is 0 Å². The lowest BCUT2D eigenvalue weighted by molar-refractivity contribution is 0.0528. The Labute approximate surface area is 179 Å². The Bertz CT molecular complexity index is 1130. The SMILES string of the molecule is CCOC(=O)c1c[nH]n2c(=O)cc(CN3CCCN(Cc4ccccc4F)CC3)nc12. The van der Waals surface area contributed by atoms with Crippen LogP contribution in [-0.4, -0.2) is 63.2 Å². The molecule has 0 saturated carbocycles. The minimum absolute atomic E-state index is 0.175. The lowest BCUT2D eigenvalue weighted by Crippen LogP contribution is -2.31. The molecule has 164 valence electrons. The first kappa shape index (κ1) is 21.2. The molecule has 0 unspecified atom stereocenters. The number of carbonyl (C=O) groups is 1. The molecule has 8 nitrogen and oxygen atoms in total. The first-order valence-electron chi connectivity index (χ1n) is 10.5. The molecule has 0 radical (unpaired) electrons. The number of halogens is 1. The van der Waals surface area contributed by atoms with Crippen LogP contribution < -0.4 is 5.56 Å². The molecule has 4 rings (SSSR count). The predicted molar refractivity (Wildman–Crippen MR) is 113 cm³/mol. The Morgan fingerprint density at radius 3 is 2.65 bits per heavy atom. The van der Waals surface area contributed by atoms with Gasteiger partial charge in [-0.1, -0.05) is 18.2 Å². The standard InChI is InChI=1S/C22H26FN5O3/c1-2-31-22(30)18-13-24-28-20(29)12-17(25-21(18)28)15-27-9-5-8-26(10-11-27)14-16-6-3-4-7-19(16)23/h3-4,6-7,12-13,24H,2,5,8-11,14-15H2,1H3. The van der Waals surface area contributed by atoms with E-state index >= 15 is 0 Å². The fourth-order valence-corrected chi connectivity index (χ4v) is 3.91. The molecule has 9 heteroatoms. The number of fused-ring (bicyclic) bond motifs is 1. The first-order valence-corrected chi connectivity index (χ1v) is 10.5. The van der Waals surface area contributed by atoms with Crippen LogP contribution in [-0.2, 0) is 17.8 Å². The maximum atomic E-state index is 14.0. The molecule has 1 fully saturated rings. The molecule has 0 spiro atoms. The second-order valence-corrected chi connectivity index (χ2v) is 7.65. The van der Waals surface area contributed by atoms with Crippen molar-refractivity contribution in [2.75, 3.05) is 32.8 Å². The van der Waals surface area contributed by atoms with Crippen molar-refractivity contribution in [1.82, 2.24) is 24.4 Å². The molecule has 0 amide bonds. The molecule has 1 saturated heterocycles. The highest BCUT2D eigenvalue weighted by molar-refractivity contribution is 5.95. The zero-order valence-electron chi connectivity index (χ0n) is 17.5. The molecular formula is C22H26FN5O3. The highest BCUT2D eigenvalue weighted by Gasteiger charge is 2.19. The van der Waals surface area contributed by atoms with Gasteiger partial charge in [0, 0.05) is 44.0 Å². The lowest BCUT2D eigenvalue weighted by atomic mass is 10.2. The monoisotopic (exact) mass is 427 g/mol. The summed E-state index contributed by atoms with van der Waals surface area (Å²) >= 11 is 0. The number of aromatic nitrogens is 3. The number of carbonyl (C=O) groups excluding carboxylic acids is 1. The second-order valence-electron chi connectivity index (χ2n) is 7.65. The summed E-state index contributed by atoms with van der Waals surface area (Å²) in [5.41, 5.74) is 1.56. The van der Waals surface area contributed by atoms with Crippen LogP contribution in [0.3, 0.4) is 0 Å². The lowest BCUT2D eigenvalue weighted by Gasteiger charge is -2.21. The second kappa shape index (κ2) is 9.40. The molecule has 1 N–H and O–H groups in total. The number of hydrogen-bond acceptors (Lipinski definition) is 6. The number of aromatic amines is 1. The zero-order chi connectivity index (χ0) is 21.8. The van der Waals surface area contributed by atoms with Gasteiger partial charge < -0.3 is 4.74 Å². The minimum Gasteiger partial charge on any atom is -0.462 e. The Morgan fingerprint density at radius 2 is 1.90 bits per heavy atom. The molecule has 3 heterocycles. The van der Waals surface area contributed by atoms with Crippen LogP contribution in [0.15, 0.2) is 41.3 Å². The van der Waals surface area contributed by atoms with Crippen molar-refractivity contribution < 1.29 is 13.9 Å². The number of H-pyrrole nitrogens is 1. The van der Waals surface area contributed by atoms with Crippen LogP contribution in [0.25, 0.3) is 5.65 Å². The van der Waals surface area contributed by atoms with Gasteiger partial charge in [0.2, 0.25) is 0 Å². The van der Waals surface area contributed by atoms with Crippen molar-refractivity contribution >= 4 is 11.6 Å².